The normalized spacial score (nSPS) is 11.5. The van der Waals surface area contributed by atoms with Crippen LogP contribution in [0.25, 0.3) is 0 Å². The van der Waals surface area contributed by atoms with E-state index in [1.54, 1.807) is 0 Å². The highest BCUT2D eigenvalue weighted by atomic mass is 16.2. The Hall–Kier alpha value is -1.31. The lowest BCUT2D eigenvalue weighted by atomic mass is 9.91. The van der Waals surface area contributed by atoms with Gasteiger partial charge in [-0.3, -0.25) is 4.79 Å². The van der Waals surface area contributed by atoms with Gasteiger partial charge in [-0.15, -0.1) is 0 Å². The molecule has 21 heavy (non-hydrogen) atoms. The Balaban J connectivity index is 2.81. The molecule has 0 saturated carbocycles. The van der Waals surface area contributed by atoms with Crippen LogP contribution in [0.2, 0.25) is 0 Å². The molecule has 0 spiro atoms. The number of nitrogens with zero attached hydrogens (tertiary/aromatic N) is 1. The summed E-state index contributed by atoms with van der Waals surface area (Å²) in [5.74, 6) is 0.272. The van der Waals surface area contributed by atoms with E-state index < -0.39 is 0 Å². The molecule has 0 aromatic heterocycles. The first-order valence-corrected chi connectivity index (χ1v) is 8.07. The zero-order chi connectivity index (χ0) is 16.0. The first kappa shape index (κ1) is 17.7. The van der Waals surface area contributed by atoms with Gasteiger partial charge in [-0.1, -0.05) is 52.3 Å². The zero-order valence-corrected chi connectivity index (χ0v) is 14.6. The van der Waals surface area contributed by atoms with Crippen molar-refractivity contribution in [3.05, 3.63) is 34.9 Å². The zero-order valence-electron chi connectivity index (χ0n) is 14.6. The second kappa shape index (κ2) is 7.63. The minimum absolute atomic E-state index is 0.0464. The molecule has 2 nitrogen and oxygen atoms in total. The van der Waals surface area contributed by atoms with Crippen LogP contribution in [0, 0.1) is 19.3 Å². The monoisotopic (exact) mass is 289 g/mol. The maximum absolute atomic E-state index is 12.5. The van der Waals surface area contributed by atoms with Crippen molar-refractivity contribution >= 4 is 5.91 Å². The molecule has 2 heteroatoms. The quantitative estimate of drug-likeness (QED) is 0.731. The molecule has 0 atom stereocenters. The number of rotatable bonds is 6. The molecule has 0 N–H and O–H groups in total. The summed E-state index contributed by atoms with van der Waals surface area (Å²) < 4.78 is 0. The maximum atomic E-state index is 12.5. The van der Waals surface area contributed by atoms with E-state index in [0.29, 0.717) is 6.42 Å². The number of hydrogen-bond donors (Lipinski definition) is 0. The molecular weight excluding hydrogens is 258 g/mol. The van der Waals surface area contributed by atoms with Crippen molar-refractivity contribution in [3.8, 4) is 0 Å². The molecule has 1 rings (SSSR count). The summed E-state index contributed by atoms with van der Waals surface area (Å²) >= 11 is 0. The summed E-state index contributed by atoms with van der Waals surface area (Å²) in [5.41, 5.74) is 3.88. The fourth-order valence-corrected chi connectivity index (χ4v) is 2.33. The van der Waals surface area contributed by atoms with E-state index in [4.69, 9.17) is 0 Å². The van der Waals surface area contributed by atoms with E-state index in [1.165, 1.54) is 16.7 Å². The average molecular weight is 289 g/mol. The second-order valence-electron chi connectivity index (χ2n) is 7.32. The first-order valence-electron chi connectivity index (χ1n) is 8.07. The van der Waals surface area contributed by atoms with Gasteiger partial charge in [0.05, 0.1) is 0 Å². The Morgan fingerprint density at radius 2 is 1.81 bits per heavy atom. The van der Waals surface area contributed by atoms with Crippen molar-refractivity contribution in [2.24, 2.45) is 5.41 Å². The average Bonchev–Trinajstić information content (AvgIpc) is 2.36. The van der Waals surface area contributed by atoms with Gasteiger partial charge in [0.15, 0.2) is 0 Å². The molecule has 118 valence electrons. The number of carbonyl (C=O) groups is 1. The molecule has 0 aliphatic carbocycles. The SMILES string of the molecule is CCCCN(Cc1ccc(C)c(C)c1)C(=O)CC(C)(C)C. The van der Waals surface area contributed by atoms with Gasteiger partial charge in [-0.05, 0) is 42.4 Å². The van der Waals surface area contributed by atoms with Gasteiger partial charge in [0.25, 0.3) is 0 Å². The predicted molar refractivity (Wildman–Crippen MR) is 90.3 cm³/mol. The lowest BCUT2D eigenvalue weighted by Gasteiger charge is -2.27. The summed E-state index contributed by atoms with van der Waals surface area (Å²) in [6.45, 7) is 14.4. The van der Waals surface area contributed by atoms with E-state index >= 15 is 0 Å². The van der Waals surface area contributed by atoms with Gasteiger partial charge >= 0.3 is 0 Å². The van der Waals surface area contributed by atoms with E-state index in [-0.39, 0.29) is 11.3 Å². The standard InChI is InChI=1S/C19H31NO/c1-7-8-11-20(18(21)13-19(4,5)6)14-17-10-9-15(2)16(3)12-17/h9-10,12H,7-8,11,13-14H2,1-6H3. The van der Waals surface area contributed by atoms with Gasteiger partial charge in [0.1, 0.15) is 0 Å². The third-order valence-electron chi connectivity index (χ3n) is 3.76. The Kier molecular flexibility index (Phi) is 6.44. The number of unbranched alkanes of at least 4 members (excludes halogenated alkanes) is 1. The van der Waals surface area contributed by atoms with Crippen LogP contribution < -0.4 is 0 Å². The van der Waals surface area contributed by atoms with Crippen molar-refractivity contribution < 1.29 is 4.79 Å². The van der Waals surface area contributed by atoms with Gasteiger partial charge in [0, 0.05) is 19.5 Å². The molecule has 1 amide bonds. The highest BCUT2D eigenvalue weighted by molar-refractivity contribution is 5.76. The predicted octanol–water partition coefficient (Wildman–Crippen LogP) is 4.87. The van der Waals surface area contributed by atoms with Crippen LogP contribution in [-0.2, 0) is 11.3 Å². The van der Waals surface area contributed by atoms with Crippen LogP contribution in [0.3, 0.4) is 0 Å². The highest BCUT2D eigenvalue weighted by Gasteiger charge is 2.21. The van der Waals surface area contributed by atoms with Gasteiger partial charge in [0.2, 0.25) is 5.91 Å². The fourth-order valence-electron chi connectivity index (χ4n) is 2.33. The molecular formula is C19H31NO. The first-order chi connectivity index (χ1) is 9.73. The van der Waals surface area contributed by atoms with Crippen LogP contribution in [0.15, 0.2) is 18.2 Å². The molecule has 1 aromatic carbocycles. The summed E-state index contributed by atoms with van der Waals surface area (Å²) in [6, 6.07) is 6.50. The van der Waals surface area contributed by atoms with Crippen LogP contribution >= 0.6 is 0 Å². The van der Waals surface area contributed by atoms with Crippen molar-refractivity contribution in [2.45, 2.75) is 67.3 Å². The lowest BCUT2D eigenvalue weighted by molar-refractivity contribution is -0.133. The summed E-state index contributed by atoms with van der Waals surface area (Å²) in [4.78, 5) is 14.6. The molecule has 0 radical (unpaired) electrons. The summed E-state index contributed by atoms with van der Waals surface area (Å²) in [5, 5.41) is 0. The molecule has 0 aliphatic rings. The molecule has 0 heterocycles. The van der Waals surface area contributed by atoms with Gasteiger partial charge < -0.3 is 4.90 Å². The molecule has 0 saturated heterocycles. The molecule has 0 bridgehead atoms. The molecule has 1 aromatic rings. The third-order valence-corrected chi connectivity index (χ3v) is 3.76. The summed E-state index contributed by atoms with van der Waals surface area (Å²) in [6.07, 6.45) is 2.80. The second-order valence-corrected chi connectivity index (χ2v) is 7.32. The Labute approximate surface area is 130 Å². The number of carbonyl (C=O) groups excluding carboxylic acids is 1. The highest BCUT2D eigenvalue weighted by Crippen LogP contribution is 2.21. The lowest BCUT2D eigenvalue weighted by Crippen LogP contribution is -2.34. The van der Waals surface area contributed by atoms with Crippen molar-refractivity contribution in [2.75, 3.05) is 6.54 Å². The smallest absolute Gasteiger partial charge is 0.223 e. The number of aryl methyl sites for hydroxylation is 2. The van der Waals surface area contributed by atoms with Crippen molar-refractivity contribution in [3.63, 3.8) is 0 Å². The van der Waals surface area contributed by atoms with Gasteiger partial charge in [-0.2, -0.15) is 0 Å². The molecule has 0 fully saturated rings. The Morgan fingerprint density at radius 3 is 2.33 bits per heavy atom. The summed E-state index contributed by atoms with van der Waals surface area (Å²) in [7, 11) is 0. The topological polar surface area (TPSA) is 20.3 Å². The fraction of sp³-hybridized carbons (Fsp3) is 0.632. The number of benzene rings is 1. The number of hydrogen-bond acceptors (Lipinski definition) is 1. The van der Waals surface area contributed by atoms with Crippen LogP contribution in [-0.4, -0.2) is 17.4 Å². The van der Waals surface area contributed by atoms with Crippen LogP contribution in [0.4, 0.5) is 0 Å². The van der Waals surface area contributed by atoms with Gasteiger partial charge in [-0.25, -0.2) is 0 Å². The van der Waals surface area contributed by atoms with E-state index in [1.807, 2.05) is 4.90 Å². The third kappa shape index (κ3) is 6.33. The number of amides is 1. The largest absolute Gasteiger partial charge is 0.338 e. The maximum Gasteiger partial charge on any atom is 0.223 e. The Bertz CT molecular complexity index is 471. The van der Waals surface area contributed by atoms with Crippen molar-refractivity contribution in [1.82, 2.24) is 4.90 Å². The Morgan fingerprint density at radius 1 is 1.14 bits per heavy atom. The van der Waals surface area contributed by atoms with E-state index in [9.17, 15) is 4.79 Å². The van der Waals surface area contributed by atoms with Crippen molar-refractivity contribution in [1.29, 1.82) is 0 Å². The molecule has 0 aliphatic heterocycles. The minimum atomic E-state index is 0.0464. The van der Waals surface area contributed by atoms with E-state index in [0.717, 1.165) is 25.9 Å². The minimum Gasteiger partial charge on any atom is -0.338 e. The van der Waals surface area contributed by atoms with Crippen LogP contribution in [0.1, 0.15) is 63.6 Å². The molecule has 0 unspecified atom stereocenters. The van der Waals surface area contributed by atoms with E-state index in [2.05, 4.69) is 59.7 Å². The van der Waals surface area contributed by atoms with Crippen LogP contribution in [0.5, 0.6) is 0 Å².